The van der Waals surface area contributed by atoms with Crippen molar-refractivity contribution in [3.05, 3.63) is 120 Å². The van der Waals surface area contributed by atoms with Crippen molar-refractivity contribution in [3.63, 3.8) is 0 Å². The van der Waals surface area contributed by atoms with Crippen LogP contribution in [0.25, 0.3) is 11.1 Å². The summed E-state index contributed by atoms with van der Waals surface area (Å²) >= 11 is 0. The second-order valence-corrected chi connectivity index (χ2v) is 9.20. The van der Waals surface area contributed by atoms with Crippen LogP contribution in [0.4, 0.5) is 0 Å². The van der Waals surface area contributed by atoms with Crippen molar-refractivity contribution >= 4 is 11.8 Å². The first-order valence-corrected chi connectivity index (χ1v) is 12.6. The first-order chi connectivity index (χ1) is 17.7. The quantitative estimate of drug-likeness (QED) is 0.346. The largest absolute Gasteiger partial charge is 0.348 e. The van der Waals surface area contributed by atoms with E-state index in [4.69, 9.17) is 0 Å². The van der Waals surface area contributed by atoms with Gasteiger partial charge in [0.25, 0.3) is 5.91 Å². The molecule has 0 N–H and O–H groups in total. The van der Waals surface area contributed by atoms with E-state index in [1.807, 2.05) is 78.6 Å². The molecule has 182 valence electrons. The number of amides is 2. The molecule has 2 amide bonds. The smallest absolute Gasteiger partial charge is 0.254 e. The summed E-state index contributed by atoms with van der Waals surface area (Å²) in [5, 5.41) is 0. The molecule has 0 aliphatic carbocycles. The highest BCUT2D eigenvalue weighted by Gasteiger charge is 2.33. The van der Waals surface area contributed by atoms with E-state index in [0.717, 1.165) is 35.3 Å². The first kappa shape index (κ1) is 23.6. The van der Waals surface area contributed by atoms with Gasteiger partial charge in [-0.15, -0.1) is 0 Å². The van der Waals surface area contributed by atoms with E-state index in [1.165, 1.54) is 0 Å². The molecule has 0 spiro atoms. The molecule has 4 aromatic rings. The van der Waals surface area contributed by atoms with Gasteiger partial charge in [-0.25, -0.2) is 0 Å². The monoisotopic (exact) mass is 477 g/mol. The summed E-state index contributed by atoms with van der Waals surface area (Å²) in [6, 6.07) is 31.9. The molecular weight excluding hydrogens is 446 g/mol. The Hall–Kier alpha value is -4.12. The van der Waals surface area contributed by atoms with E-state index in [2.05, 4.69) is 41.1 Å². The minimum absolute atomic E-state index is 0.0287. The van der Waals surface area contributed by atoms with Crippen molar-refractivity contribution in [2.45, 2.75) is 25.9 Å². The molecule has 1 aliphatic heterocycles. The number of benzene rings is 3. The molecule has 0 fully saturated rings. The normalized spacial score (nSPS) is 14.8. The minimum Gasteiger partial charge on any atom is -0.348 e. The molecule has 2 heterocycles. The molecule has 5 nitrogen and oxygen atoms in total. The fourth-order valence-corrected chi connectivity index (χ4v) is 5.03. The molecule has 5 rings (SSSR count). The van der Waals surface area contributed by atoms with Gasteiger partial charge in [-0.1, -0.05) is 79.7 Å². The Morgan fingerprint density at radius 3 is 2.17 bits per heavy atom. The van der Waals surface area contributed by atoms with E-state index in [9.17, 15) is 9.59 Å². The summed E-state index contributed by atoms with van der Waals surface area (Å²) in [6.07, 6.45) is 2.85. The minimum atomic E-state index is -0.161. The van der Waals surface area contributed by atoms with Gasteiger partial charge in [0.15, 0.2) is 0 Å². The van der Waals surface area contributed by atoms with Crippen molar-refractivity contribution in [2.75, 3.05) is 19.6 Å². The summed E-state index contributed by atoms with van der Waals surface area (Å²) < 4.78 is 2.21. The summed E-state index contributed by atoms with van der Waals surface area (Å²) in [7, 11) is 0. The number of carbonyl (C=O) groups excluding carboxylic acids is 2. The Morgan fingerprint density at radius 1 is 0.806 bits per heavy atom. The SMILES string of the molecule is CCCN(CC(=O)N1CCn2cccc2C1c1ccccc1)C(=O)c1ccc(-c2ccccc2)cc1. The van der Waals surface area contributed by atoms with E-state index in [-0.39, 0.29) is 24.4 Å². The fraction of sp³-hybridized carbons (Fsp3) is 0.226. The third-order valence-electron chi connectivity index (χ3n) is 6.82. The summed E-state index contributed by atoms with van der Waals surface area (Å²) in [5.41, 5.74) is 4.95. The van der Waals surface area contributed by atoms with Crippen LogP contribution in [0.1, 0.15) is 41.0 Å². The van der Waals surface area contributed by atoms with E-state index >= 15 is 0 Å². The van der Waals surface area contributed by atoms with Gasteiger partial charge in [-0.05, 0) is 47.4 Å². The van der Waals surface area contributed by atoms with E-state index in [0.29, 0.717) is 18.7 Å². The van der Waals surface area contributed by atoms with Gasteiger partial charge in [-0.3, -0.25) is 9.59 Å². The lowest BCUT2D eigenvalue weighted by molar-refractivity contribution is -0.134. The zero-order valence-corrected chi connectivity index (χ0v) is 20.6. The maximum atomic E-state index is 13.7. The third kappa shape index (κ3) is 4.82. The van der Waals surface area contributed by atoms with Crippen LogP contribution in [0.2, 0.25) is 0 Å². The Kier molecular flexibility index (Phi) is 6.99. The maximum absolute atomic E-state index is 13.7. The molecular formula is C31H31N3O2. The Bertz CT molecular complexity index is 1310. The highest BCUT2D eigenvalue weighted by Crippen LogP contribution is 2.32. The predicted molar refractivity (Wildman–Crippen MR) is 143 cm³/mol. The number of rotatable bonds is 7. The standard InChI is InChI=1S/C31H31N3O2/c1-2-19-33(31(36)27-17-15-25(16-18-27)24-10-5-3-6-11-24)23-29(35)34-22-21-32-20-9-14-28(32)30(34)26-12-7-4-8-13-26/h3-18,20,30H,2,19,21-23H2,1H3. The second-order valence-electron chi connectivity index (χ2n) is 9.20. The van der Waals surface area contributed by atoms with Gasteiger partial charge in [0, 0.05) is 37.1 Å². The summed E-state index contributed by atoms with van der Waals surface area (Å²) in [4.78, 5) is 30.8. The number of nitrogens with zero attached hydrogens (tertiary/aromatic N) is 3. The average molecular weight is 478 g/mol. The maximum Gasteiger partial charge on any atom is 0.254 e. The third-order valence-corrected chi connectivity index (χ3v) is 6.82. The van der Waals surface area contributed by atoms with Crippen LogP contribution in [0.5, 0.6) is 0 Å². The molecule has 5 heteroatoms. The first-order valence-electron chi connectivity index (χ1n) is 12.6. The molecule has 3 aromatic carbocycles. The zero-order chi connectivity index (χ0) is 24.9. The van der Waals surface area contributed by atoms with Gasteiger partial charge < -0.3 is 14.4 Å². The van der Waals surface area contributed by atoms with E-state index < -0.39 is 0 Å². The lowest BCUT2D eigenvalue weighted by Gasteiger charge is -2.38. The number of hydrogen-bond acceptors (Lipinski definition) is 2. The predicted octanol–water partition coefficient (Wildman–Crippen LogP) is 5.64. The van der Waals surface area contributed by atoms with Gasteiger partial charge in [0.2, 0.25) is 5.91 Å². The molecule has 0 saturated heterocycles. The van der Waals surface area contributed by atoms with Crippen LogP contribution >= 0.6 is 0 Å². The van der Waals surface area contributed by atoms with Gasteiger partial charge in [0.1, 0.15) is 6.54 Å². The fourth-order valence-electron chi connectivity index (χ4n) is 5.03. The van der Waals surface area contributed by atoms with E-state index in [1.54, 1.807) is 4.90 Å². The number of hydrogen-bond donors (Lipinski definition) is 0. The van der Waals surface area contributed by atoms with Crippen LogP contribution in [-0.4, -0.2) is 45.8 Å². The van der Waals surface area contributed by atoms with Gasteiger partial charge >= 0.3 is 0 Å². The van der Waals surface area contributed by atoms with Crippen molar-refractivity contribution in [1.82, 2.24) is 14.4 Å². The molecule has 0 bridgehead atoms. The molecule has 1 aliphatic rings. The van der Waals surface area contributed by atoms with Crippen LogP contribution < -0.4 is 0 Å². The molecule has 0 saturated carbocycles. The molecule has 36 heavy (non-hydrogen) atoms. The lowest BCUT2D eigenvalue weighted by Crippen LogP contribution is -2.48. The molecule has 1 atom stereocenters. The van der Waals surface area contributed by atoms with Crippen molar-refractivity contribution in [1.29, 1.82) is 0 Å². The van der Waals surface area contributed by atoms with Crippen molar-refractivity contribution in [3.8, 4) is 11.1 Å². The summed E-state index contributed by atoms with van der Waals surface area (Å²) in [5.74, 6) is -0.138. The second kappa shape index (κ2) is 10.6. The Morgan fingerprint density at radius 2 is 1.47 bits per heavy atom. The van der Waals surface area contributed by atoms with Crippen LogP contribution in [-0.2, 0) is 11.3 Å². The number of aromatic nitrogens is 1. The topological polar surface area (TPSA) is 45.6 Å². The molecule has 1 aromatic heterocycles. The lowest BCUT2D eigenvalue weighted by atomic mass is 9.99. The van der Waals surface area contributed by atoms with Crippen LogP contribution in [0.15, 0.2) is 103 Å². The zero-order valence-electron chi connectivity index (χ0n) is 20.6. The Balaban J connectivity index is 1.36. The van der Waals surface area contributed by atoms with Crippen molar-refractivity contribution in [2.24, 2.45) is 0 Å². The number of carbonyl (C=O) groups is 2. The average Bonchev–Trinajstić information content (AvgIpc) is 3.42. The highest BCUT2D eigenvalue weighted by atomic mass is 16.2. The number of fused-ring (bicyclic) bond motifs is 1. The summed E-state index contributed by atoms with van der Waals surface area (Å²) in [6.45, 7) is 3.99. The molecule has 0 radical (unpaired) electrons. The van der Waals surface area contributed by atoms with Crippen LogP contribution in [0, 0.1) is 0 Å². The highest BCUT2D eigenvalue weighted by molar-refractivity contribution is 5.97. The van der Waals surface area contributed by atoms with Gasteiger partial charge in [0.05, 0.1) is 6.04 Å². The Labute approximate surface area is 212 Å². The molecule has 1 unspecified atom stereocenters. The van der Waals surface area contributed by atoms with Crippen LogP contribution in [0.3, 0.4) is 0 Å². The van der Waals surface area contributed by atoms with Crippen molar-refractivity contribution < 1.29 is 9.59 Å². The van der Waals surface area contributed by atoms with Gasteiger partial charge in [-0.2, -0.15) is 0 Å².